The smallest absolute Gasteiger partial charge is 0.225 e. The second-order valence-electron chi connectivity index (χ2n) is 9.84. The van der Waals surface area contributed by atoms with E-state index >= 15 is 0 Å². The molecule has 1 saturated heterocycles. The van der Waals surface area contributed by atoms with Gasteiger partial charge in [-0.2, -0.15) is 4.98 Å². The van der Waals surface area contributed by atoms with Crippen molar-refractivity contribution >= 4 is 40.2 Å². The largest absolute Gasteiger partial charge is 0.493 e. The first kappa shape index (κ1) is 24.1. The lowest BCUT2D eigenvalue weighted by Gasteiger charge is -2.27. The Labute approximate surface area is 205 Å². The molecule has 0 spiro atoms. The van der Waals surface area contributed by atoms with Crippen LogP contribution in [0, 0.1) is 0 Å². The number of hydrogen-bond donors (Lipinski definition) is 3. The summed E-state index contributed by atoms with van der Waals surface area (Å²) in [6.45, 7) is 10.2. The minimum absolute atomic E-state index is 0.0710. The molecule has 0 bridgehead atoms. The number of aromatic hydroxyl groups is 1. The first-order valence-electron chi connectivity index (χ1n) is 11.8. The number of anilines is 2. The summed E-state index contributed by atoms with van der Waals surface area (Å²) in [7, 11) is 0. The minimum atomic E-state index is -0.329. The van der Waals surface area contributed by atoms with E-state index in [0.717, 1.165) is 30.3 Å². The van der Waals surface area contributed by atoms with Crippen LogP contribution in [-0.4, -0.2) is 55.6 Å². The van der Waals surface area contributed by atoms with Gasteiger partial charge in [0.15, 0.2) is 0 Å². The third kappa shape index (κ3) is 5.38. The van der Waals surface area contributed by atoms with E-state index in [-0.39, 0.29) is 23.4 Å². The Balaban J connectivity index is 1.60. The van der Waals surface area contributed by atoms with Crippen LogP contribution >= 0.6 is 11.6 Å². The fourth-order valence-corrected chi connectivity index (χ4v) is 4.50. The molecule has 1 amide bonds. The molecule has 1 aliphatic rings. The summed E-state index contributed by atoms with van der Waals surface area (Å²) in [5.41, 5.74) is 1.32. The zero-order valence-electron chi connectivity index (χ0n) is 20.2. The molecule has 4 rings (SSSR count). The maximum atomic E-state index is 11.9. The summed E-state index contributed by atoms with van der Waals surface area (Å²) in [6.07, 6.45) is 4.18. The number of nitrogens with zero attached hydrogens (tertiary/aromatic N) is 4. The van der Waals surface area contributed by atoms with E-state index in [1.165, 1.54) is 0 Å². The van der Waals surface area contributed by atoms with Gasteiger partial charge in [0.25, 0.3) is 0 Å². The molecule has 182 valence electrons. The van der Waals surface area contributed by atoms with Crippen LogP contribution < -0.4 is 10.6 Å². The number of rotatable bonds is 9. The van der Waals surface area contributed by atoms with Crippen molar-refractivity contribution in [2.24, 2.45) is 0 Å². The minimum Gasteiger partial charge on any atom is -0.493 e. The molecule has 1 aliphatic heterocycles. The molecular formula is C25H33ClN6O2. The predicted molar refractivity (Wildman–Crippen MR) is 137 cm³/mol. The van der Waals surface area contributed by atoms with Crippen LogP contribution in [0.4, 0.5) is 11.8 Å². The number of nitrogens with one attached hydrogen (secondary N) is 2. The normalized spacial score (nSPS) is 14.4. The number of amides is 1. The summed E-state index contributed by atoms with van der Waals surface area (Å²) >= 11 is 6.04. The molecule has 3 N–H and O–H groups in total. The Morgan fingerprint density at radius 2 is 1.94 bits per heavy atom. The van der Waals surface area contributed by atoms with Gasteiger partial charge < -0.3 is 25.2 Å². The molecule has 34 heavy (non-hydrogen) atoms. The van der Waals surface area contributed by atoms with E-state index in [0.29, 0.717) is 41.8 Å². The van der Waals surface area contributed by atoms with Crippen molar-refractivity contribution in [3.63, 3.8) is 0 Å². The van der Waals surface area contributed by atoms with Gasteiger partial charge >= 0.3 is 0 Å². The molecule has 8 nitrogen and oxygen atoms in total. The molecule has 3 aromatic rings. The van der Waals surface area contributed by atoms with Crippen molar-refractivity contribution in [1.82, 2.24) is 19.4 Å². The Bertz CT molecular complexity index is 1170. The van der Waals surface area contributed by atoms with Crippen LogP contribution in [0.25, 0.3) is 10.9 Å². The molecule has 0 unspecified atom stereocenters. The number of likely N-dealkylation sites (tertiary alicyclic amines) is 1. The van der Waals surface area contributed by atoms with Gasteiger partial charge in [-0.05, 0) is 58.2 Å². The molecule has 0 radical (unpaired) electrons. The van der Waals surface area contributed by atoms with Crippen LogP contribution in [0.1, 0.15) is 52.1 Å². The standard InChI is InChI=1S/C25H33ClN6O2/c1-16(2)32-15-19-21(23(32)34)28-24(27-11-13-31-12-5-6-20(31)33)29-22(19)30-25(3,4)14-17-7-9-18(26)10-8-17/h7-10,15-16,34H,5-6,11-14H2,1-4H3,(H2,27,28,29,30). The van der Waals surface area contributed by atoms with Gasteiger partial charge in [-0.25, -0.2) is 4.98 Å². The zero-order valence-corrected chi connectivity index (χ0v) is 21.0. The van der Waals surface area contributed by atoms with Gasteiger partial charge in [0.2, 0.25) is 17.7 Å². The number of carbonyl (C=O) groups excluding carboxylic acids is 1. The van der Waals surface area contributed by atoms with Crippen LogP contribution in [0.3, 0.4) is 0 Å². The quantitative estimate of drug-likeness (QED) is 0.402. The number of carbonyl (C=O) groups is 1. The molecule has 3 heterocycles. The van der Waals surface area contributed by atoms with Gasteiger partial charge in [-0.15, -0.1) is 0 Å². The van der Waals surface area contributed by atoms with Gasteiger partial charge in [-0.3, -0.25) is 4.79 Å². The predicted octanol–water partition coefficient (Wildman–Crippen LogP) is 4.84. The van der Waals surface area contributed by atoms with Gasteiger partial charge in [0, 0.05) is 48.9 Å². The van der Waals surface area contributed by atoms with Crippen molar-refractivity contribution in [3.8, 4) is 5.88 Å². The van der Waals surface area contributed by atoms with E-state index in [9.17, 15) is 9.90 Å². The molecule has 2 aromatic heterocycles. The highest BCUT2D eigenvalue weighted by atomic mass is 35.5. The Morgan fingerprint density at radius 3 is 2.59 bits per heavy atom. The van der Waals surface area contributed by atoms with Crippen molar-refractivity contribution in [2.75, 3.05) is 30.3 Å². The molecule has 1 aromatic carbocycles. The highest BCUT2D eigenvalue weighted by molar-refractivity contribution is 6.30. The fourth-order valence-electron chi connectivity index (χ4n) is 4.37. The Morgan fingerprint density at radius 1 is 1.21 bits per heavy atom. The Kier molecular flexibility index (Phi) is 6.89. The van der Waals surface area contributed by atoms with E-state index in [2.05, 4.69) is 29.5 Å². The first-order valence-corrected chi connectivity index (χ1v) is 12.2. The topological polar surface area (TPSA) is 95.3 Å². The summed E-state index contributed by atoms with van der Waals surface area (Å²) < 4.78 is 1.80. The van der Waals surface area contributed by atoms with E-state index in [4.69, 9.17) is 16.6 Å². The highest BCUT2D eigenvalue weighted by Gasteiger charge is 2.24. The maximum Gasteiger partial charge on any atom is 0.225 e. The van der Waals surface area contributed by atoms with Crippen molar-refractivity contribution in [3.05, 3.63) is 41.0 Å². The molecular weight excluding hydrogens is 452 g/mol. The number of benzene rings is 1. The monoisotopic (exact) mass is 484 g/mol. The molecule has 9 heteroatoms. The summed E-state index contributed by atoms with van der Waals surface area (Å²) in [5.74, 6) is 1.37. The lowest BCUT2D eigenvalue weighted by molar-refractivity contribution is -0.127. The van der Waals surface area contributed by atoms with Gasteiger partial charge in [-0.1, -0.05) is 23.7 Å². The van der Waals surface area contributed by atoms with Crippen LogP contribution in [0.5, 0.6) is 5.88 Å². The summed E-state index contributed by atoms with van der Waals surface area (Å²) in [4.78, 5) is 23.1. The van der Waals surface area contributed by atoms with Crippen LogP contribution in [-0.2, 0) is 11.2 Å². The summed E-state index contributed by atoms with van der Waals surface area (Å²) in [5, 5.41) is 19.1. The number of hydrogen-bond acceptors (Lipinski definition) is 6. The van der Waals surface area contributed by atoms with Crippen molar-refractivity contribution in [1.29, 1.82) is 0 Å². The highest BCUT2D eigenvalue weighted by Crippen LogP contribution is 2.34. The van der Waals surface area contributed by atoms with Crippen LogP contribution in [0.15, 0.2) is 30.5 Å². The number of halogens is 1. The van der Waals surface area contributed by atoms with Crippen molar-refractivity contribution < 1.29 is 9.90 Å². The Hall–Kier alpha value is -3.00. The van der Waals surface area contributed by atoms with E-state index < -0.39 is 0 Å². The first-order chi connectivity index (χ1) is 16.1. The maximum absolute atomic E-state index is 11.9. The van der Waals surface area contributed by atoms with Crippen molar-refractivity contribution in [2.45, 2.75) is 58.5 Å². The van der Waals surface area contributed by atoms with E-state index in [1.807, 2.05) is 49.2 Å². The van der Waals surface area contributed by atoms with Gasteiger partial charge in [0.1, 0.15) is 11.3 Å². The average molecular weight is 485 g/mol. The molecule has 1 fully saturated rings. The fraction of sp³-hybridized carbons (Fsp3) is 0.480. The second kappa shape index (κ2) is 9.70. The molecule has 0 atom stereocenters. The molecule has 0 aliphatic carbocycles. The summed E-state index contributed by atoms with van der Waals surface area (Å²) in [6, 6.07) is 7.90. The SMILES string of the molecule is CC(C)n1cc2c(NC(C)(C)Cc3ccc(Cl)cc3)nc(NCCN3CCCC3=O)nc2c1O. The van der Waals surface area contributed by atoms with Gasteiger partial charge in [0.05, 0.1) is 5.39 Å². The second-order valence-corrected chi connectivity index (χ2v) is 10.3. The average Bonchev–Trinajstić information content (AvgIpc) is 3.33. The lowest BCUT2D eigenvalue weighted by Crippen LogP contribution is -2.34. The molecule has 0 saturated carbocycles. The zero-order chi connectivity index (χ0) is 24.5. The number of fused-ring (bicyclic) bond motifs is 1. The third-order valence-electron chi connectivity index (χ3n) is 6.08. The number of aromatic nitrogens is 3. The third-order valence-corrected chi connectivity index (χ3v) is 6.33. The van der Waals surface area contributed by atoms with Crippen LogP contribution in [0.2, 0.25) is 5.02 Å². The van der Waals surface area contributed by atoms with E-state index in [1.54, 1.807) is 4.57 Å². The lowest BCUT2D eigenvalue weighted by atomic mass is 9.95.